The van der Waals surface area contributed by atoms with Gasteiger partial charge in [-0.25, -0.2) is 17.9 Å². The topological polar surface area (TPSA) is 97.5 Å². The first-order chi connectivity index (χ1) is 11.3. The fraction of sp³-hybridized carbons (Fsp3) is 0.600. The second-order valence-electron chi connectivity index (χ2n) is 6.24. The quantitative estimate of drug-likeness (QED) is 0.807. The zero-order chi connectivity index (χ0) is 17.5. The first kappa shape index (κ1) is 16.8. The Labute approximate surface area is 140 Å². The Kier molecular flexibility index (Phi) is 4.29. The average Bonchev–Trinajstić information content (AvgIpc) is 3.07. The van der Waals surface area contributed by atoms with Crippen LogP contribution in [-0.2, 0) is 9.84 Å². The fourth-order valence-corrected chi connectivity index (χ4v) is 4.83. The molecule has 0 unspecified atom stereocenters. The molecule has 130 valence electrons. The van der Waals surface area contributed by atoms with Gasteiger partial charge < -0.3 is 4.90 Å². The minimum atomic E-state index is -3.06. The smallest absolute Gasteiger partial charge is 0.293 e. The van der Waals surface area contributed by atoms with Crippen LogP contribution in [0.15, 0.2) is 6.07 Å². The van der Waals surface area contributed by atoms with Crippen molar-refractivity contribution in [1.29, 1.82) is 0 Å². The maximum atomic E-state index is 12.9. The van der Waals surface area contributed by atoms with Gasteiger partial charge in [0.25, 0.3) is 11.7 Å². The summed E-state index contributed by atoms with van der Waals surface area (Å²) in [6.07, 6.45) is 1.21. The summed E-state index contributed by atoms with van der Waals surface area (Å²) >= 11 is 0. The van der Waals surface area contributed by atoms with Crippen LogP contribution < -0.4 is 0 Å². The van der Waals surface area contributed by atoms with E-state index in [2.05, 4.69) is 15.1 Å². The highest BCUT2D eigenvalue weighted by atomic mass is 32.2. The number of rotatable bonds is 4. The second kappa shape index (κ2) is 6.12. The van der Waals surface area contributed by atoms with E-state index < -0.39 is 9.84 Å². The predicted octanol–water partition coefficient (Wildman–Crippen LogP) is 0.780. The van der Waals surface area contributed by atoms with E-state index >= 15 is 0 Å². The summed E-state index contributed by atoms with van der Waals surface area (Å²) in [5.74, 6) is 0.258. The van der Waals surface area contributed by atoms with Crippen molar-refractivity contribution >= 4 is 21.5 Å². The summed E-state index contributed by atoms with van der Waals surface area (Å²) in [7, 11) is -3.06. The second-order valence-corrected chi connectivity index (χ2v) is 8.47. The molecular formula is C15H21N5O3S. The Morgan fingerprint density at radius 3 is 2.75 bits per heavy atom. The van der Waals surface area contributed by atoms with E-state index in [4.69, 9.17) is 0 Å². The van der Waals surface area contributed by atoms with Gasteiger partial charge in [0.15, 0.2) is 9.84 Å². The fourth-order valence-electron chi connectivity index (χ4n) is 3.10. The number of carbonyl (C=O) groups is 1. The summed E-state index contributed by atoms with van der Waals surface area (Å²) in [5.41, 5.74) is 1.65. The van der Waals surface area contributed by atoms with Crippen molar-refractivity contribution in [2.45, 2.75) is 39.7 Å². The highest BCUT2D eigenvalue weighted by Crippen LogP contribution is 2.20. The Balaban J connectivity index is 1.94. The molecule has 3 rings (SSSR count). The van der Waals surface area contributed by atoms with Crippen LogP contribution in [0.4, 0.5) is 0 Å². The van der Waals surface area contributed by atoms with Crippen LogP contribution in [0, 0.1) is 13.8 Å². The standard InChI is InChI=1S/C15H21N5O3S/c1-4-6-19(12-5-7-24(22,23)9-12)14(21)13-17-15-16-10(2)8-11(3)20(15)18-13/h8,12H,4-7,9H2,1-3H3/t12-/m1/s1. The summed E-state index contributed by atoms with van der Waals surface area (Å²) < 4.78 is 25.0. The molecule has 1 aliphatic heterocycles. The number of aryl methyl sites for hydroxylation is 2. The van der Waals surface area contributed by atoms with E-state index in [0.29, 0.717) is 18.7 Å². The number of sulfone groups is 1. The first-order valence-electron chi connectivity index (χ1n) is 8.03. The lowest BCUT2D eigenvalue weighted by Gasteiger charge is -2.26. The highest BCUT2D eigenvalue weighted by Gasteiger charge is 2.35. The van der Waals surface area contributed by atoms with E-state index in [-0.39, 0.29) is 29.3 Å². The number of nitrogens with zero attached hydrogens (tertiary/aromatic N) is 5. The molecule has 0 spiro atoms. The van der Waals surface area contributed by atoms with Crippen molar-refractivity contribution < 1.29 is 13.2 Å². The molecule has 0 aliphatic carbocycles. The number of hydrogen-bond donors (Lipinski definition) is 0. The molecule has 1 amide bonds. The van der Waals surface area contributed by atoms with Crippen LogP contribution in [0.3, 0.4) is 0 Å². The molecular weight excluding hydrogens is 330 g/mol. The molecule has 0 radical (unpaired) electrons. The zero-order valence-electron chi connectivity index (χ0n) is 14.1. The monoisotopic (exact) mass is 351 g/mol. The maximum Gasteiger partial charge on any atom is 0.293 e. The summed E-state index contributed by atoms with van der Waals surface area (Å²) in [6.45, 7) is 6.17. The Morgan fingerprint density at radius 2 is 2.12 bits per heavy atom. The summed E-state index contributed by atoms with van der Waals surface area (Å²) in [5, 5.41) is 4.27. The highest BCUT2D eigenvalue weighted by molar-refractivity contribution is 7.91. The molecule has 1 fully saturated rings. The first-order valence-corrected chi connectivity index (χ1v) is 9.85. The molecule has 0 aromatic carbocycles. The molecule has 2 aromatic rings. The lowest BCUT2D eigenvalue weighted by atomic mass is 10.2. The van der Waals surface area contributed by atoms with E-state index in [0.717, 1.165) is 17.8 Å². The van der Waals surface area contributed by atoms with Gasteiger partial charge in [-0.05, 0) is 32.8 Å². The number of hydrogen-bond acceptors (Lipinski definition) is 6. The molecule has 8 nitrogen and oxygen atoms in total. The molecule has 0 saturated carbocycles. The van der Waals surface area contributed by atoms with Crippen LogP contribution in [0.2, 0.25) is 0 Å². The van der Waals surface area contributed by atoms with Gasteiger partial charge in [-0.3, -0.25) is 4.79 Å². The van der Waals surface area contributed by atoms with E-state index in [1.165, 1.54) is 4.52 Å². The van der Waals surface area contributed by atoms with Gasteiger partial charge in [-0.15, -0.1) is 5.10 Å². The molecule has 1 aliphatic rings. The van der Waals surface area contributed by atoms with Gasteiger partial charge in [0.1, 0.15) is 0 Å². The third-order valence-corrected chi connectivity index (χ3v) is 5.93. The van der Waals surface area contributed by atoms with Crippen LogP contribution in [0.5, 0.6) is 0 Å². The predicted molar refractivity (Wildman–Crippen MR) is 88.6 cm³/mol. The van der Waals surface area contributed by atoms with Crippen molar-refractivity contribution in [3.63, 3.8) is 0 Å². The SMILES string of the molecule is CCCN(C(=O)c1nc2nc(C)cc(C)n2n1)[C@@H]1CCS(=O)(=O)C1. The molecule has 24 heavy (non-hydrogen) atoms. The van der Waals surface area contributed by atoms with Crippen LogP contribution in [-0.4, -0.2) is 62.9 Å². The van der Waals surface area contributed by atoms with Crippen molar-refractivity contribution in [1.82, 2.24) is 24.5 Å². The van der Waals surface area contributed by atoms with E-state index in [1.807, 2.05) is 26.8 Å². The lowest BCUT2D eigenvalue weighted by molar-refractivity contribution is 0.0684. The van der Waals surface area contributed by atoms with Gasteiger partial charge in [-0.1, -0.05) is 6.92 Å². The van der Waals surface area contributed by atoms with E-state index in [1.54, 1.807) is 4.90 Å². The molecule has 0 N–H and O–H groups in total. The van der Waals surface area contributed by atoms with E-state index in [9.17, 15) is 13.2 Å². The third-order valence-electron chi connectivity index (χ3n) is 4.18. The minimum absolute atomic E-state index is 0.0164. The Bertz CT molecular complexity index is 890. The third kappa shape index (κ3) is 3.12. The van der Waals surface area contributed by atoms with Crippen LogP contribution >= 0.6 is 0 Å². The number of aromatic nitrogens is 4. The summed E-state index contributed by atoms with van der Waals surface area (Å²) in [4.78, 5) is 23.0. The van der Waals surface area contributed by atoms with Crippen LogP contribution in [0.1, 0.15) is 41.8 Å². The van der Waals surface area contributed by atoms with Crippen molar-refractivity contribution in [3.8, 4) is 0 Å². The Morgan fingerprint density at radius 1 is 1.38 bits per heavy atom. The Hall–Kier alpha value is -2.03. The molecule has 1 saturated heterocycles. The van der Waals surface area contributed by atoms with Gasteiger partial charge in [0.05, 0.1) is 11.5 Å². The molecule has 1 atom stereocenters. The van der Waals surface area contributed by atoms with Crippen molar-refractivity contribution in [2.75, 3.05) is 18.1 Å². The lowest BCUT2D eigenvalue weighted by Crippen LogP contribution is -2.42. The largest absolute Gasteiger partial charge is 0.332 e. The number of carbonyl (C=O) groups excluding carboxylic acids is 1. The van der Waals surface area contributed by atoms with Crippen molar-refractivity contribution in [3.05, 3.63) is 23.3 Å². The van der Waals surface area contributed by atoms with Crippen molar-refractivity contribution in [2.24, 2.45) is 0 Å². The van der Waals surface area contributed by atoms with Gasteiger partial charge >= 0.3 is 0 Å². The minimum Gasteiger partial charge on any atom is -0.332 e. The molecule has 9 heteroatoms. The zero-order valence-corrected chi connectivity index (χ0v) is 14.9. The van der Waals surface area contributed by atoms with Crippen LogP contribution in [0.25, 0.3) is 5.78 Å². The number of amides is 1. The van der Waals surface area contributed by atoms with Gasteiger partial charge in [0.2, 0.25) is 5.82 Å². The molecule has 2 aromatic heterocycles. The summed E-state index contributed by atoms with van der Waals surface area (Å²) in [6, 6.07) is 1.56. The number of fused-ring (bicyclic) bond motifs is 1. The molecule has 3 heterocycles. The van der Waals surface area contributed by atoms with Gasteiger partial charge in [-0.2, -0.15) is 4.98 Å². The van der Waals surface area contributed by atoms with Gasteiger partial charge in [0, 0.05) is 24.0 Å². The normalized spacial score (nSPS) is 19.7. The average molecular weight is 351 g/mol. The molecule has 0 bridgehead atoms. The maximum absolute atomic E-state index is 12.9.